The third kappa shape index (κ3) is 7.47. The van der Waals surface area contributed by atoms with Gasteiger partial charge in [0, 0.05) is 13.0 Å². The molecule has 23 heavy (non-hydrogen) atoms. The zero-order chi connectivity index (χ0) is 16.2. The van der Waals surface area contributed by atoms with Crippen molar-refractivity contribution in [1.29, 1.82) is 0 Å². The van der Waals surface area contributed by atoms with Crippen LogP contribution in [0.2, 0.25) is 0 Å². The number of carbonyl (C=O) groups is 1. The highest BCUT2D eigenvalue weighted by molar-refractivity contribution is 5.75. The van der Waals surface area contributed by atoms with E-state index in [1.54, 1.807) is 0 Å². The van der Waals surface area contributed by atoms with Gasteiger partial charge in [0.25, 0.3) is 0 Å². The van der Waals surface area contributed by atoms with E-state index in [2.05, 4.69) is 5.32 Å². The molecule has 1 amide bonds. The second kappa shape index (κ2) is 10.4. The molecule has 0 aromatic heterocycles. The van der Waals surface area contributed by atoms with Crippen molar-refractivity contribution < 1.29 is 14.3 Å². The monoisotopic (exact) mass is 313 g/mol. The second-order valence-corrected chi connectivity index (χ2v) is 5.15. The molecular formula is C19H23NO3. The van der Waals surface area contributed by atoms with Crippen molar-refractivity contribution in [2.24, 2.45) is 0 Å². The Bertz CT molecular complexity index is 557. The largest absolute Gasteiger partial charge is 0.494 e. The zero-order valence-electron chi connectivity index (χ0n) is 13.2. The van der Waals surface area contributed by atoms with Crippen LogP contribution < -0.4 is 10.1 Å². The Morgan fingerprint density at radius 2 is 1.61 bits per heavy atom. The number of hydrogen-bond donors (Lipinski definition) is 1. The van der Waals surface area contributed by atoms with Gasteiger partial charge in [0.15, 0.2) is 0 Å². The van der Waals surface area contributed by atoms with Crippen molar-refractivity contribution in [3.05, 3.63) is 66.2 Å². The maximum atomic E-state index is 11.7. The van der Waals surface area contributed by atoms with Crippen LogP contribution in [-0.4, -0.2) is 25.7 Å². The van der Waals surface area contributed by atoms with Crippen molar-refractivity contribution in [2.75, 3.05) is 19.8 Å². The van der Waals surface area contributed by atoms with Gasteiger partial charge >= 0.3 is 0 Å². The summed E-state index contributed by atoms with van der Waals surface area (Å²) in [4.78, 5) is 11.7. The standard InChI is InChI=1S/C19H23NO3/c21-19(12-7-14-23-18-10-5-2-6-11-18)20-13-15-22-16-17-8-3-1-4-9-17/h1-6,8-11H,7,12-16H2,(H,20,21). The van der Waals surface area contributed by atoms with E-state index in [1.165, 1.54) is 0 Å². The predicted octanol–water partition coefficient (Wildman–Crippen LogP) is 3.18. The molecule has 0 saturated heterocycles. The van der Waals surface area contributed by atoms with Crippen molar-refractivity contribution in [3.63, 3.8) is 0 Å². The Morgan fingerprint density at radius 3 is 2.35 bits per heavy atom. The minimum atomic E-state index is 0.0324. The van der Waals surface area contributed by atoms with Crippen LogP contribution >= 0.6 is 0 Å². The first-order valence-electron chi connectivity index (χ1n) is 7.91. The van der Waals surface area contributed by atoms with Gasteiger partial charge in [-0.05, 0) is 24.1 Å². The van der Waals surface area contributed by atoms with Crippen LogP contribution in [0.4, 0.5) is 0 Å². The number of nitrogens with one attached hydrogen (secondary N) is 1. The molecule has 0 spiro atoms. The molecule has 0 saturated carbocycles. The summed E-state index contributed by atoms with van der Waals surface area (Å²) in [6.45, 7) is 2.16. The average molecular weight is 313 g/mol. The Hall–Kier alpha value is -2.33. The maximum Gasteiger partial charge on any atom is 0.220 e. The van der Waals surface area contributed by atoms with Crippen molar-refractivity contribution in [2.45, 2.75) is 19.4 Å². The lowest BCUT2D eigenvalue weighted by Crippen LogP contribution is -2.27. The molecule has 122 valence electrons. The highest BCUT2D eigenvalue weighted by Crippen LogP contribution is 2.08. The molecular weight excluding hydrogens is 290 g/mol. The number of para-hydroxylation sites is 1. The molecule has 0 unspecified atom stereocenters. The van der Waals surface area contributed by atoms with Gasteiger partial charge in [-0.25, -0.2) is 0 Å². The summed E-state index contributed by atoms with van der Waals surface area (Å²) in [5.41, 5.74) is 1.14. The number of carbonyl (C=O) groups excluding carboxylic acids is 1. The Morgan fingerprint density at radius 1 is 0.913 bits per heavy atom. The van der Waals surface area contributed by atoms with Crippen LogP contribution in [0.3, 0.4) is 0 Å². The smallest absolute Gasteiger partial charge is 0.220 e. The fraction of sp³-hybridized carbons (Fsp3) is 0.316. The van der Waals surface area contributed by atoms with Crippen LogP contribution in [0.5, 0.6) is 5.75 Å². The summed E-state index contributed by atoms with van der Waals surface area (Å²) in [5.74, 6) is 0.868. The van der Waals surface area contributed by atoms with Crippen LogP contribution in [0.1, 0.15) is 18.4 Å². The van der Waals surface area contributed by atoms with Gasteiger partial charge in [-0.3, -0.25) is 4.79 Å². The first-order chi connectivity index (χ1) is 11.3. The highest BCUT2D eigenvalue weighted by atomic mass is 16.5. The molecule has 0 aliphatic carbocycles. The van der Waals surface area contributed by atoms with Gasteiger partial charge in [-0.15, -0.1) is 0 Å². The Balaban J connectivity index is 1.45. The molecule has 0 radical (unpaired) electrons. The molecule has 0 bridgehead atoms. The molecule has 4 heteroatoms. The summed E-state index contributed by atoms with van der Waals surface area (Å²) in [6.07, 6.45) is 1.16. The van der Waals surface area contributed by atoms with Gasteiger partial charge in [0.1, 0.15) is 5.75 Å². The second-order valence-electron chi connectivity index (χ2n) is 5.15. The summed E-state index contributed by atoms with van der Waals surface area (Å²) in [7, 11) is 0. The van der Waals surface area contributed by atoms with Crippen molar-refractivity contribution in [3.8, 4) is 5.75 Å². The molecule has 2 aromatic carbocycles. The Labute approximate surface area is 137 Å². The third-order valence-electron chi connectivity index (χ3n) is 3.24. The van der Waals surface area contributed by atoms with E-state index in [0.717, 1.165) is 11.3 Å². The molecule has 1 N–H and O–H groups in total. The van der Waals surface area contributed by atoms with Gasteiger partial charge in [0.2, 0.25) is 5.91 Å². The lowest BCUT2D eigenvalue weighted by Gasteiger charge is -2.08. The van der Waals surface area contributed by atoms with Gasteiger partial charge < -0.3 is 14.8 Å². The van der Waals surface area contributed by atoms with Crippen LogP contribution in [0.15, 0.2) is 60.7 Å². The molecule has 2 aromatic rings. The number of amides is 1. The fourth-order valence-corrected chi connectivity index (χ4v) is 2.05. The molecule has 0 fully saturated rings. The SMILES string of the molecule is O=C(CCCOc1ccccc1)NCCOCc1ccccc1. The van der Waals surface area contributed by atoms with E-state index >= 15 is 0 Å². The van der Waals surface area contributed by atoms with Gasteiger partial charge in [-0.2, -0.15) is 0 Å². The molecule has 0 aliphatic heterocycles. The zero-order valence-corrected chi connectivity index (χ0v) is 13.2. The molecule has 4 nitrogen and oxygen atoms in total. The van der Waals surface area contributed by atoms with Crippen LogP contribution in [-0.2, 0) is 16.1 Å². The van der Waals surface area contributed by atoms with E-state index in [4.69, 9.17) is 9.47 Å². The number of hydrogen-bond acceptors (Lipinski definition) is 3. The fourth-order valence-electron chi connectivity index (χ4n) is 2.05. The number of benzene rings is 2. The minimum Gasteiger partial charge on any atom is -0.494 e. The molecule has 0 aliphatic rings. The normalized spacial score (nSPS) is 10.3. The summed E-state index contributed by atoms with van der Waals surface area (Å²) in [5, 5.41) is 2.85. The van der Waals surface area contributed by atoms with Crippen molar-refractivity contribution in [1.82, 2.24) is 5.32 Å². The van der Waals surface area contributed by atoms with E-state index < -0.39 is 0 Å². The van der Waals surface area contributed by atoms with E-state index in [1.807, 2.05) is 60.7 Å². The van der Waals surface area contributed by atoms with Crippen molar-refractivity contribution >= 4 is 5.91 Å². The topological polar surface area (TPSA) is 47.6 Å². The van der Waals surface area contributed by atoms with Gasteiger partial charge in [0.05, 0.1) is 19.8 Å². The summed E-state index contributed by atoms with van der Waals surface area (Å²) >= 11 is 0. The lowest BCUT2D eigenvalue weighted by molar-refractivity contribution is -0.121. The van der Waals surface area contributed by atoms with Crippen LogP contribution in [0, 0.1) is 0 Å². The molecule has 2 rings (SSSR count). The highest BCUT2D eigenvalue weighted by Gasteiger charge is 2.01. The number of ether oxygens (including phenoxy) is 2. The average Bonchev–Trinajstić information content (AvgIpc) is 2.60. The maximum absolute atomic E-state index is 11.7. The van der Waals surface area contributed by atoms with Gasteiger partial charge in [-0.1, -0.05) is 48.5 Å². The quantitative estimate of drug-likeness (QED) is 0.685. The summed E-state index contributed by atoms with van der Waals surface area (Å²) in [6, 6.07) is 19.6. The molecule has 0 atom stereocenters. The predicted molar refractivity (Wildman–Crippen MR) is 90.3 cm³/mol. The number of rotatable bonds is 10. The first kappa shape index (κ1) is 17.0. The van der Waals surface area contributed by atoms with Crippen LogP contribution in [0.25, 0.3) is 0 Å². The Kier molecular flexibility index (Phi) is 7.70. The van der Waals surface area contributed by atoms with E-state index in [-0.39, 0.29) is 5.91 Å². The summed E-state index contributed by atoms with van der Waals surface area (Å²) < 4.78 is 11.1. The minimum absolute atomic E-state index is 0.0324. The molecule has 0 heterocycles. The lowest BCUT2D eigenvalue weighted by atomic mass is 10.2. The van der Waals surface area contributed by atoms with E-state index in [0.29, 0.717) is 39.2 Å². The first-order valence-corrected chi connectivity index (χ1v) is 7.91. The van der Waals surface area contributed by atoms with E-state index in [9.17, 15) is 4.79 Å². The third-order valence-corrected chi connectivity index (χ3v) is 3.24.